The molecule has 0 radical (unpaired) electrons. The molecule has 3 heterocycles. The van der Waals surface area contributed by atoms with E-state index in [2.05, 4.69) is 15.4 Å². The van der Waals surface area contributed by atoms with Crippen LogP contribution in [0.1, 0.15) is 5.69 Å². The van der Waals surface area contributed by atoms with Crippen LogP contribution in [0.25, 0.3) is 33.4 Å². The third-order valence-electron chi connectivity index (χ3n) is 5.26. The zero-order valence-electron chi connectivity index (χ0n) is 17.6. The summed E-state index contributed by atoms with van der Waals surface area (Å²) in [5.74, 6) is -0.153. The van der Waals surface area contributed by atoms with Crippen LogP contribution in [0.15, 0.2) is 91.3 Å². The highest BCUT2D eigenvalue weighted by atomic mass is 16.2. The van der Waals surface area contributed by atoms with Crippen LogP contribution in [-0.2, 0) is 11.3 Å². The van der Waals surface area contributed by atoms with E-state index in [1.54, 1.807) is 17.1 Å². The second kappa shape index (κ2) is 8.43. The topological polar surface area (TPSA) is 72.7 Å². The number of nitrogens with zero attached hydrogens (tertiary/aromatic N) is 4. The van der Waals surface area contributed by atoms with Crippen molar-refractivity contribution in [3.8, 4) is 22.5 Å². The van der Waals surface area contributed by atoms with Crippen molar-refractivity contribution in [2.45, 2.75) is 13.5 Å². The minimum atomic E-state index is -0.153. The van der Waals surface area contributed by atoms with Gasteiger partial charge in [-0.3, -0.25) is 19.4 Å². The summed E-state index contributed by atoms with van der Waals surface area (Å²) in [6, 6.07) is 25.3. The molecule has 0 unspecified atom stereocenters. The van der Waals surface area contributed by atoms with Crippen molar-refractivity contribution in [3.63, 3.8) is 0 Å². The lowest BCUT2D eigenvalue weighted by Crippen LogP contribution is -2.20. The lowest BCUT2D eigenvalue weighted by Gasteiger charge is -2.12. The third kappa shape index (κ3) is 3.86. The molecule has 32 heavy (non-hydrogen) atoms. The van der Waals surface area contributed by atoms with E-state index in [1.165, 1.54) is 0 Å². The molecule has 0 spiro atoms. The van der Waals surface area contributed by atoms with Gasteiger partial charge in [0.25, 0.3) is 0 Å². The van der Waals surface area contributed by atoms with Crippen LogP contribution in [0.5, 0.6) is 0 Å². The van der Waals surface area contributed by atoms with Crippen molar-refractivity contribution in [1.82, 2.24) is 19.7 Å². The van der Waals surface area contributed by atoms with Crippen molar-refractivity contribution in [3.05, 3.63) is 97.0 Å². The Morgan fingerprint density at radius 3 is 2.56 bits per heavy atom. The van der Waals surface area contributed by atoms with E-state index in [1.807, 2.05) is 85.8 Å². The van der Waals surface area contributed by atoms with Crippen LogP contribution < -0.4 is 5.32 Å². The monoisotopic (exact) mass is 419 g/mol. The minimum Gasteiger partial charge on any atom is -0.324 e. The van der Waals surface area contributed by atoms with Crippen LogP contribution in [-0.4, -0.2) is 25.7 Å². The normalized spacial score (nSPS) is 10.9. The van der Waals surface area contributed by atoms with Crippen molar-refractivity contribution >= 4 is 22.5 Å². The summed E-state index contributed by atoms with van der Waals surface area (Å²) in [7, 11) is 0. The highest BCUT2D eigenvalue weighted by Crippen LogP contribution is 2.35. The summed E-state index contributed by atoms with van der Waals surface area (Å²) in [6.45, 7) is 2.02. The fourth-order valence-corrected chi connectivity index (χ4v) is 3.84. The Hall–Kier alpha value is -4.32. The minimum absolute atomic E-state index is 0.0723. The van der Waals surface area contributed by atoms with E-state index in [0.717, 1.165) is 44.8 Å². The number of anilines is 1. The Kier molecular flexibility index (Phi) is 5.17. The first-order valence-corrected chi connectivity index (χ1v) is 10.4. The van der Waals surface area contributed by atoms with Crippen molar-refractivity contribution in [2.24, 2.45) is 0 Å². The summed E-state index contributed by atoms with van der Waals surface area (Å²) in [4.78, 5) is 22.0. The Morgan fingerprint density at radius 2 is 1.72 bits per heavy atom. The number of benzene rings is 2. The fourth-order valence-electron chi connectivity index (χ4n) is 3.84. The van der Waals surface area contributed by atoms with Gasteiger partial charge in [0.1, 0.15) is 6.54 Å². The molecule has 1 N–H and O–H groups in total. The molecule has 0 saturated heterocycles. The molecular formula is C26H21N5O. The Labute approximate surface area is 185 Å². The highest BCUT2D eigenvalue weighted by Gasteiger charge is 2.19. The molecule has 3 aromatic heterocycles. The van der Waals surface area contributed by atoms with Crippen molar-refractivity contribution in [1.29, 1.82) is 0 Å². The van der Waals surface area contributed by atoms with Crippen LogP contribution in [0.4, 0.5) is 5.69 Å². The van der Waals surface area contributed by atoms with Gasteiger partial charge in [-0.1, -0.05) is 42.5 Å². The first-order valence-electron chi connectivity index (χ1n) is 10.4. The van der Waals surface area contributed by atoms with Gasteiger partial charge in [-0.15, -0.1) is 0 Å². The lowest BCUT2D eigenvalue weighted by atomic mass is 10.0. The van der Waals surface area contributed by atoms with E-state index in [4.69, 9.17) is 4.98 Å². The maximum Gasteiger partial charge on any atom is 0.246 e. The molecule has 1 amide bonds. The van der Waals surface area contributed by atoms with Gasteiger partial charge in [0.05, 0.1) is 23.1 Å². The average molecular weight is 419 g/mol. The SMILES string of the molecule is Cc1cccc(-c2c(-c3ccnc4ccccc34)cnn2CC(=O)Nc2ccccc2)n1. The molecule has 6 nitrogen and oxygen atoms in total. The quantitative estimate of drug-likeness (QED) is 0.430. The van der Waals surface area contributed by atoms with Gasteiger partial charge < -0.3 is 5.32 Å². The molecular weight excluding hydrogens is 398 g/mol. The van der Waals surface area contributed by atoms with Crippen molar-refractivity contribution < 1.29 is 4.79 Å². The van der Waals surface area contributed by atoms with E-state index < -0.39 is 0 Å². The third-order valence-corrected chi connectivity index (χ3v) is 5.26. The number of pyridine rings is 2. The van der Waals surface area contributed by atoms with Gasteiger partial charge in [0, 0.05) is 28.5 Å². The molecule has 156 valence electrons. The van der Waals surface area contributed by atoms with E-state index >= 15 is 0 Å². The predicted octanol–water partition coefficient (Wildman–Crippen LogP) is 5.11. The molecule has 2 aromatic carbocycles. The van der Waals surface area contributed by atoms with Crippen LogP contribution in [0.3, 0.4) is 0 Å². The maximum atomic E-state index is 12.8. The van der Waals surface area contributed by atoms with E-state index in [9.17, 15) is 4.79 Å². The summed E-state index contributed by atoms with van der Waals surface area (Å²) >= 11 is 0. The summed E-state index contributed by atoms with van der Waals surface area (Å²) < 4.78 is 1.71. The number of carbonyl (C=O) groups is 1. The van der Waals surface area contributed by atoms with Gasteiger partial charge in [0.15, 0.2) is 0 Å². The van der Waals surface area contributed by atoms with E-state index in [0.29, 0.717) is 0 Å². The number of hydrogen-bond acceptors (Lipinski definition) is 4. The molecule has 6 heteroatoms. The predicted molar refractivity (Wildman–Crippen MR) is 126 cm³/mol. The maximum absolute atomic E-state index is 12.8. The average Bonchev–Trinajstić information content (AvgIpc) is 3.22. The molecule has 0 saturated carbocycles. The number of fused-ring (bicyclic) bond motifs is 1. The van der Waals surface area contributed by atoms with Crippen LogP contribution in [0, 0.1) is 6.92 Å². The largest absolute Gasteiger partial charge is 0.324 e. The summed E-state index contributed by atoms with van der Waals surface area (Å²) in [6.07, 6.45) is 3.60. The molecule has 0 aliphatic carbocycles. The second-order valence-electron chi connectivity index (χ2n) is 7.52. The number of aryl methyl sites for hydroxylation is 1. The smallest absolute Gasteiger partial charge is 0.246 e. The number of aromatic nitrogens is 4. The highest BCUT2D eigenvalue weighted by molar-refractivity contribution is 5.98. The Morgan fingerprint density at radius 1 is 0.906 bits per heavy atom. The van der Waals surface area contributed by atoms with Gasteiger partial charge >= 0.3 is 0 Å². The van der Waals surface area contributed by atoms with Gasteiger partial charge in [-0.05, 0) is 48.9 Å². The second-order valence-corrected chi connectivity index (χ2v) is 7.52. The van der Waals surface area contributed by atoms with Crippen LogP contribution >= 0.6 is 0 Å². The number of para-hydroxylation sites is 2. The van der Waals surface area contributed by atoms with E-state index in [-0.39, 0.29) is 12.5 Å². The number of carbonyl (C=O) groups excluding carboxylic acids is 1. The number of amides is 1. The molecule has 0 bridgehead atoms. The lowest BCUT2D eigenvalue weighted by molar-refractivity contribution is -0.116. The van der Waals surface area contributed by atoms with Crippen molar-refractivity contribution in [2.75, 3.05) is 5.32 Å². The zero-order valence-corrected chi connectivity index (χ0v) is 17.6. The first-order chi connectivity index (χ1) is 15.7. The summed E-state index contributed by atoms with van der Waals surface area (Å²) in [5.41, 5.74) is 6.04. The summed E-state index contributed by atoms with van der Waals surface area (Å²) in [5, 5.41) is 8.54. The molecule has 5 rings (SSSR count). The molecule has 0 aliphatic rings. The van der Waals surface area contributed by atoms with Crippen LogP contribution in [0.2, 0.25) is 0 Å². The molecule has 0 fully saturated rings. The standard InChI is InChI=1S/C26H21N5O/c1-18-8-7-13-24(29-18)26-22(20-14-15-27-23-12-6-5-11-21(20)23)16-28-31(26)17-25(32)30-19-9-3-2-4-10-19/h2-16H,17H2,1H3,(H,30,32). The van der Waals surface area contributed by atoms with Gasteiger partial charge in [-0.2, -0.15) is 5.10 Å². The Balaban J connectivity index is 1.61. The first kappa shape index (κ1) is 19.6. The number of nitrogens with one attached hydrogen (secondary N) is 1. The Bertz CT molecular complexity index is 1400. The zero-order chi connectivity index (χ0) is 21.9. The molecule has 0 atom stereocenters. The number of rotatable bonds is 5. The number of hydrogen-bond donors (Lipinski definition) is 1. The van der Waals surface area contributed by atoms with Gasteiger partial charge in [0.2, 0.25) is 5.91 Å². The fraction of sp³-hybridized carbons (Fsp3) is 0.0769. The van der Waals surface area contributed by atoms with Gasteiger partial charge in [-0.25, -0.2) is 0 Å². The molecule has 0 aliphatic heterocycles. The molecule has 5 aromatic rings.